The SMILES string of the molecule is c1ccc(-c2ccc3c4ccc(-c5cc(-c6ccccc6)nc(-c6ccccc6)c5)cc4n(-c4cccc5c4sc4ccccc45)c3c2)cc1. The van der Waals surface area contributed by atoms with Crippen molar-refractivity contribution in [1.29, 1.82) is 0 Å². The Morgan fingerprint density at radius 2 is 0.880 bits per heavy atom. The number of pyridine rings is 1. The van der Waals surface area contributed by atoms with E-state index >= 15 is 0 Å². The molecule has 0 fully saturated rings. The predicted molar refractivity (Wildman–Crippen MR) is 213 cm³/mol. The Balaban J connectivity index is 1.26. The van der Waals surface area contributed by atoms with E-state index in [4.69, 9.17) is 4.98 Å². The first-order valence-corrected chi connectivity index (χ1v) is 17.8. The van der Waals surface area contributed by atoms with E-state index in [-0.39, 0.29) is 0 Å². The molecule has 0 spiro atoms. The van der Waals surface area contributed by atoms with E-state index in [1.165, 1.54) is 58.8 Å². The molecule has 7 aromatic carbocycles. The first-order chi connectivity index (χ1) is 24.8. The molecule has 10 aromatic rings. The fourth-order valence-corrected chi connectivity index (χ4v) is 8.59. The van der Waals surface area contributed by atoms with Gasteiger partial charge in [-0.15, -0.1) is 11.3 Å². The zero-order valence-electron chi connectivity index (χ0n) is 27.1. The molecule has 50 heavy (non-hydrogen) atoms. The van der Waals surface area contributed by atoms with Gasteiger partial charge in [-0.2, -0.15) is 0 Å². The summed E-state index contributed by atoms with van der Waals surface area (Å²) < 4.78 is 5.10. The number of benzene rings is 7. The smallest absolute Gasteiger partial charge is 0.0715 e. The fourth-order valence-electron chi connectivity index (χ4n) is 7.39. The third-order valence-electron chi connectivity index (χ3n) is 9.80. The molecule has 3 heteroatoms. The van der Waals surface area contributed by atoms with Gasteiger partial charge in [-0.3, -0.25) is 0 Å². The van der Waals surface area contributed by atoms with Gasteiger partial charge in [0.15, 0.2) is 0 Å². The molecule has 0 aliphatic carbocycles. The summed E-state index contributed by atoms with van der Waals surface area (Å²) in [6, 6.07) is 65.5. The van der Waals surface area contributed by atoms with E-state index in [1.807, 2.05) is 11.3 Å². The number of nitrogens with zero attached hydrogens (tertiary/aromatic N) is 2. The maximum absolute atomic E-state index is 5.15. The molecule has 0 bridgehead atoms. The van der Waals surface area contributed by atoms with Crippen molar-refractivity contribution in [2.24, 2.45) is 0 Å². The maximum Gasteiger partial charge on any atom is 0.0715 e. The van der Waals surface area contributed by atoms with Crippen LogP contribution >= 0.6 is 11.3 Å². The van der Waals surface area contributed by atoms with Crippen molar-refractivity contribution in [3.05, 3.63) is 182 Å². The normalized spacial score (nSPS) is 11.6. The number of hydrogen-bond acceptors (Lipinski definition) is 2. The highest BCUT2D eigenvalue weighted by Gasteiger charge is 2.19. The summed E-state index contributed by atoms with van der Waals surface area (Å²) in [6.45, 7) is 0. The van der Waals surface area contributed by atoms with Crippen molar-refractivity contribution in [1.82, 2.24) is 9.55 Å². The molecule has 0 aliphatic heterocycles. The van der Waals surface area contributed by atoms with Gasteiger partial charge in [-0.05, 0) is 58.7 Å². The lowest BCUT2D eigenvalue weighted by atomic mass is 9.98. The van der Waals surface area contributed by atoms with Crippen LogP contribution in [0.25, 0.3) is 92.4 Å². The number of thiophene rings is 1. The van der Waals surface area contributed by atoms with E-state index in [0.717, 1.165) is 33.6 Å². The van der Waals surface area contributed by atoms with Crippen LogP contribution in [0.5, 0.6) is 0 Å². The highest BCUT2D eigenvalue weighted by Crippen LogP contribution is 2.42. The first kappa shape index (κ1) is 28.7. The Labute approximate surface area is 294 Å². The second-order valence-corrected chi connectivity index (χ2v) is 13.8. The average molecular weight is 655 g/mol. The van der Waals surface area contributed by atoms with Crippen LogP contribution in [0.1, 0.15) is 0 Å². The lowest BCUT2D eigenvalue weighted by molar-refractivity contribution is 1.20. The highest BCUT2D eigenvalue weighted by molar-refractivity contribution is 7.26. The summed E-state index contributed by atoms with van der Waals surface area (Å²) in [6.07, 6.45) is 0. The Morgan fingerprint density at radius 3 is 1.50 bits per heavy atom. The summed E-state index contributed by atoms with van der Waals surface area (Å²) in [5, 5.41) is 5.08. The summed E-state index contributed by atoms with van der Waals surface area (Å²) in [7, 11) is 0. The monoisotopic (exact) mass is 654 g/mol. The zero-order chi connectivity index (χ0) is 33.0. The van der Waals surface area contributed by atoms with Crippen molar-refractivity contribution in [3.63, 3.8) is 0 Å². The van der Waals surface area contributed by atoms with Crippen molar-refractivity contribution in [2.45, 2.75) is 0 Å². The van der Waals surface area contributed by atoms with Crippen LogP contribution in [-0.4, -0.2) is 9.55 Å². The van der Waals surface area contributed by atoms with Gasteiger partial charge in [0.05, 0.1) is 32.8 Å². The van der Waals surface area contributed by atoms with Crippen LogP contribution in [0, 0.1) is 0 Å². The Bertz CT molecular complexity index is 2790. The molecule has 234 valence electrons. The summed E-state index contributed by atoms with van der Waals surface area (Å²) in [5.74, 6) is 0. The number of fused-ring (bicyclic) bond motifs is 6. The first-order valence-electron chi connectivity index (χ1n) is 17.0. The van der Waals surface area contributed by atoms with Gasteiger partial charge in [0.25, 0.3) is 0 Å². The molecule has 0 N–H and O–H groups in total. The number of aromatic nitrogens is 2. The minimum Gasteiger partial charge on any atom is -0.308 e. The van der Waals surface area contributed by atoms with Crippen molar-refractivity contribution in [3.8, 4) is 50.5 Å². The minimum absolute atomic E-state index is 0.963. The average Bonchev–Trinajstić information content (AvgIpc) is 3.74. The van der Waals surface area contributed by atoms with Crippen LogP contribution in [0.4, 0.5) is 0 Å². The third-order valence-corrected chi connectivity index (χ3v) is 11.0. The fraction of sp³-hybridized carbons (Fsp3) is 0. The van der Waals surface area contributed by atoms with E-state index in [2.05, 4.69) is 187 Å². The number of rotatable bonds is 5. The lowest BCUT2D eigenvalue weighted by Crippen LogP contribution is -1.95. The topological polar surface area (TPSA) is 17.8 Å². The van der Waals surface area contributed by atoms with Crippen molar-refractivity contribution < 1.29 is 0 Å². The Hall–Kier alpha value is -6.29. The van der Waals surface area contributed by atoms with Crippen LogP contribution in [-0.2, 0) is 0 Å². The highest BCUT2D eigenvalue weighted by atomic mass is 32.1. The molecule has 0 unspecified atom stereocenters. The minimum atomic E-state index is 0.963. The third kappa shape index (κ3) is 4.74. The van der Waals surface area contributed by atoms with E-state index in [9.17, 15) is 0 Å². The van der Waals surface area contributed by atoms with Gasteiger partial charge in [-0.1, -0.05) is 146 Å². The predicted octanol–water partition coefficient (Wildman–Crippen LogP) is 13.2. The Morgan fingerprint density at radius 1 is 0.360 bits per heavy atom. The molecular formula is C47H30N2S. The molecule has 2 nitrogen and oxygen atoms in total. The molecule has 0 radical (unpaired) electrons. The van der Waals surface area contributed by atoms with E-state index in [0.29, 0.717) is 0 Å². The van der Waals surface area contributed by atoms with Gasteiger partial charge in [0, 0.05) is 37.4 Å². The Kier molecular flexibility index (Phi) is 6.71. The van der Waals surface area contributed by atoms with Crippen LogP contribution in [0.15, 0.2) is 182 Å². The molecule has 3 heterocycles. The van der Waals surface area contributed by atoms with Gasteiger partial charge < -0.3 is 4.57 Å². The van der Waals surface area contributed by atoms with Gasteiger partial charge in [0.1, 0.15) is 0 Å². The maximum atomic E-state index is 5.15. The summed E-state index contributed by atoms with van der Waals surface area (Å²) >= 11 is 1.87. The van der Waals surface area contributed by atoms with Crippen molar-refractivity contribution >= 4 is 53.3 Å². The molecule has 3 aromatic heterocycles. The van der Waals surface area contributed by atoms with Crippen molar-refractivity contribution in [2.75, 3.05) is 0 Å². The van der Waals surface area contributed by atoms with Crippen LogP contribution < -0.4 is 0 Å². The van der Waals surface area contributed by atoms with Crippen LogP contribution in [0.3, 0.4) is 0 Å². The molecule has 0 atom stereocenters. The molecule has 0 saturated carbocycles. The standard InChI is InChI=1S/C47H30N2S/c1-4-13-31(14-5-1)34-23-25-37-38-26-24-35(36-27-41(32-15-6-2-7-16-32)48-42(28-36)33-17-8-3-9-18-33)30-45(38)49(44(37)29-34)43-21-12-20-40-39-19-10-11-22-46(39)50-47(40)43/h1-30H. The van der Waals surface area contributed by atoms with Crippen LogP contribution in [0.2, 0.25) is 0 Å². The number of hydrogen-bond donors (Lipinski definition) is 0. The van der Waals surface area contributed by atoms with E-state index in [1.54, 1.807) is 0 Å². The molecule has 0 aliphatic rings. The second kappa shape index (κ2) is 11.7. The molecular weight excluding hydrogens is 625 g/mol. The molecule has 0 saturated heterocycles. The molecule has 0 amide bonds. The van der Waals surface area contributed by atoms with E-state index < -0.39 is 0 Å². The molecule has 10 rings (SSSR count). The zero-order valence-corrected chi connectivity index (χ0v) is 27.9. The summed E-state index contributed by atoms with van der Waals surface area (Å²) in [5.41, 5.74) is 12.4. The summed E-state index contributed by atoms with van der Waals surface area (Å²) in [4.78, 5) is 5.15. The van der Waals surface area contributed by atoms with Gasteiger partial charge in [-0.25, -0.2) is 4.98 Å². The second-order valence-electron chi connectivity index (χ2n) is 12.8. The van der Waals surface area contributed by atoms with Gasteiger partial charge in [0.2, 0.25) is 0 Å². The largest absolute Gasteiger partial charge is 0.308 e. The van der Waals surface area contributed by atoms with Gasteiger partial charge >= 0.3 is 0 Å². The quantitative estimate of drug-likeness (QED) is 0.181. The lowest BCUT2D eigenvalue weighted by Gasteiger charge is -2.13.